The molecule has 0 atom stereocenters. The van der Waals surface area contributed by atoms with E-state index in [9.17, 15) is 18.0 Å². The normalized spacial score (nSPS) is 11.4. The average Bonchev–Trinajstić information content (AvgIpc) is 3.08. The van der Waals surface area contributed by atoms with Gasteiger partial charge in [-0.15, -0.1) is 11.3 Å². The fourth-order valence-corrected chi connectivity index (χ4v) is 3.31. The Labute approximate surface area is 164 Å². The SMILES string of the molecule is Cc1csc(N(C(=O)c2ccc(COCC(F)(F)F)cc2)c2ccccc2)n1. The van der Waals surface area contributed by atoms with Gasteiger partial charge in [-0.2, -0.15) is 13.2 Å². The van der Waals surface area contributed by atoms with E-state index in [4.69, 9.17) is 0 Å². The summed E-state index contributed by atoms with van der Waals surface area (Å²) in [4.78, 5) is 19.1. The molecule has 146 valence electrons. The minimum Gasteiger partial charge on any atom is -0.367 e. The molecule has 0 bridgehead atoms. The second kappa shape index (κ2) is 8.53. The van der Waals surface area contributed by atoms with Crippen LogP contribution in [-0.2, 0) is 11.3 Å². The summed E-state index contributed by atoms with van der Waals surface area (Å²) in [5, 5.41) is 2.41. The van der Waals surface area contributed by atoms with E-state index in [1.807, 2.05) is 42.6 Å². The summed E-state index contributed by atoms with van der Waals surface area (Å²) < 4.78 is 41.1. The summed E-state index contributed by atoms with van der Waals surface area (Å²) in [5.74, 6) is -0.275. The Bertz CT molecular complexity index is 925. The lowest BCUT2D eigenvalue weighted by Gasteiger charge is -2.20. The summed E-state index contributed by atoms with van der Waals surface area (Å²) in [6, 6.07) is 15.5. The van der Waals surface area contributed by atoms with Gasteiger partial charge in [0.05, 0.1) is 18.0 Å². The smallest absolute Gasteiger partial charge is 0.367 e. The van der Waals surface area contributed by atoms with Crippen LogP contribution in [0.2, 0.25) is 0 Å². The molecule has 0 saturated heterocycles. The third kappa shape index (κ3) is 5.17. The molecular formula is C20H17F3N2O2S. The van der Waals surface area contributed by atoms with Crippen molar-refractivity contribution in [3.05, 3.63) is 76.8 Å². The lowest BCUT2D eigenvalue weighted by molar-refractivity contribution is -0.176. The minimum absolute atomic E-state index is 0.179. The van der Waals surface area contributed by atoms with E-state index in [1.165, 1.54) is 16.2 Å². The van der Waals surface area contributed by atoms with E-state index in [0.29, 0.717) is 21.9 Å². The molecule has 0 N–H and O–H groups in total. The van der Waals surface area contributed by atoms with Crippen LogP contribution in [0, 0.1) is 6.92 Å². The number of rotatable bonds is 6. The number of nitrogens with zero attached hydrogens (tertiary/aromatic N) is 2. The van der Waals surface area contributed by atoms with Crippen molar-refractivity contribution in [2.24, 2.45) is 0 Å². The van der Waals surface area contributed by atoms with E-state index >= 15 is 0 Å². The van der Waals surface area contributed by atoms with Crippen LogP contribution in [0.4, 0.5) is 24.0 Å². The molecular weight excluding hydrogens is 389 g/mol. The van der Waals surface area contributed by atoms with Crippen LogP contribution in [0.5, 0.6) is 0 Å². The summed E-state index contributed by atoms with van der Waals surface area (Å²) in [6.45, 7) is 0.365. The highest BCUT2D eigenvalue weighted by Crippen LogP contribution is 2.30. The van der Waals surface area contributed by atoms with Crippen molar-refractivity contribution in [3.8, 4) is 0 Å². The number of anilines is 2. The van der Waals surface area contributed by atoms with Crippen molar-refractivity contribution < 1.29 is 22.7 Å². The van der Waals surface area contributed by atoms with Crippen LogP contribution >= 0.6 is 11.3 Å². The lowest BCUT2D eigenvalue weighted by Crippen LogP contribution is -2.25. The number of thiazole rings is 1. The Kier molecular flexibility index (Phi) is 6.11. The molecule has 0 aliphatic carbocycles. The predicted octanol–water partition coefficient (Wildman–Crippen LogP) is 5.51. The maximum Gasteiger partial charge on any atom is 0.411 e. The zero-order valence-corrected chi connectivity index (χ0v) is 15.8. The van der Waals surface area contributed by atoms with E-state index in [2.05, 4.69) is 9.72 Å². The Balaban J connectivity index is 1.79. The Morgan fingerprint density at radius 2 is 1.79 bits per heavy atom. The van der Waals surface area contributed by atoms with Crippen LogP contribution in [-0.4, -0.2) is 23.7 Å². The van der Waals surface area contributed by atoms with Gasteiger partial charge < -0.3 is 4.74 Å². The lowest BCUT2D eigenvalue weighted by atomic mass is 10.1. The van der Waals surface area contributed by atoms with Crippen LogP contribution in [0.15, 0.2) is 60.0 Å². The Morgan fingerprint density at radius 3 is 2.36 bits per heavy atom. The molecule has 0 fully saturated rings. The number of halogens is 3. The maximum atomic E-state index is 13.1. The van der Waals surface area contributed by atoms with E-state index in [1.54, 1.807) is 24.3 Å². The first-order valence-corrected chi connectivity index (χ1v) is 9.26. The molecule has 0 aliphatic heterocycles. The van der Waals surface area contributed by atoms with Gasteiger partial charge in [0.15, 0.2) is 5.13 Å². The average molecular weight is 406 g/mol. The highest BCUT2D eigenvalue weighted by molar-refractivity contribution is 7.14. The number of hydrogen-bond donors (Lipinski definition) is 0. The minimum atomic E-state index is -4.36. The quantitative estimate of drug-likeness (QED) is 0.542. The number of alkyl halides is 3. The highest BCUT2D eigenvalue weighted by atomic mass is 32.1. The van der Waals surface area contributed by atoms with Crippen molar-refractivity contribution in [1.82, 2.24) is 4.98 Å². The van der Waals surface area contributed by atoms with Gasteiger partial charge in [0.2, 0.25) is 0 Å². The summed E-state index contributed by atoms with van der Waals surface area (Å²) in [6.07, 6.45) is -4.36. The number of carbonyl (C=O) groups excluding carboxylic acids is 1. The van der Waals surface area contributed by atoms with Crippen molar-refractivity contribution in [3.63, 3.8) is 0 Å². The summed E-state index contributed by atoms with van der Waals surface area (Å²) in [5.41, 5.74) is 2.44. The van der Waals surface area contributed by atoms with Crippen LogP contribution in [0.3, 0.4) is 0 Å². The first-order valence-electron chi connectivity index (χ1n) is 8.38. The molecule has 1 amide bonds. The fraction of sp³-hybridized carbons (Fsp3) is 0.200. The number of benzene rings is 2. The first-order chi connectivity index (χ1) is 13.3. The molecule has 0 radical (unpaired) electrons. The van der Waals surface area contributed by atoms with Gasteiger partial charge in [-0.05, 0) is 36.8 Å². The molecule has 8 heteroatoms. The van der Waals surface area contributed by atoms with E-state index in [-0.39, 0.29) is 12.5 Å². The highest BCUT2D eigenvalue weighted by Gasteiger charge is 2.27. The number of aromatic nitrogens is 1. The van der Waals surface area contributed by atoms with Crippen LogP contribution in [0.25, 0.3) is 0 Å². The van der Waals surface area contributed by atoms with Crippen molar-refractivity contribution in [2.75, 3.05) is 11.5 Å². The van der Waals surface area contributed by atoms with Crippen molar-refractivity contribution in [1.29, 1.82) is 0 Å². The molecule has 0 saturated carbocycles. The number of hydrogen-bond acceptors (Lipinski definition) is 4. The van der Waals surface area contributed by atoms with Gasteiger partial charge in [0.1, 0.15) is 6.61 Å². The van der Waals surface area contributed by atoms with Crippen molar-refractivity contribution in [2.45, 2.75) is 19.7 Å². The van der Waals surface area contributed by atoms with E-state index in [0.717, 1.165) is 5.69 Å². The van der Waals surface area contributed by atoms with Gasteiger partial charge in [-0.3, -0.25) is 9.69 Å². The molecule has 0 aliphatic rings. The summed E-state index contributed by atoms with van der Waals surface area (Å²) >= 11 is 1.36. The molecule has 3 rings (SSSR count). The third-order valence-electron chi connectivity index (χ3n) is 3.75. The molecule has 4 nitrogen and oxygen atoms in total. The van der Waals surface area contributed by atoms with Gasteiger partial charge in [-0.25, -0.2) is 4.98 Å². The Hall–Kier alpha value is -2.71. The number of aryl methyl sites for hydroxylation is 1. The monoisotopic (exact) mass is 406 g/mol. The van der Waals surface area contributed by atoms with Gasteiger partial charge >= 0.3 is 6.18 Å². The zero-order chi connectivity index (χ0) is 20.1. The topological polar surface area (TPSA) is 42.4 Å². The Morgan fingerprint density at radius 1 is 1.11 bits per heavy atom. The largest absolute Gasteiger partial charge is 0.411 e. The number of ether oxygens (including phenoxy) is 1. The zero-order valence-electron chi connectivity index (χ0n) is 14.9. The number of carbonyl (C=O) groups is 1. The molecule has 3 aromatic rings. The first kappa shape index (κ1) is 20.0. The molecule has 1 aromatic heterocycles. The van der Waals surface area contributed by atoms with Gasteiger partial charge in [0.25, 0.3) is 5.91 Å². The second-order valence-corrected chi connectivity index (χ2v) is 6.89. The molecule has 28 heavy (non-hydrogen) atoms. The van der Waals surface area contributed by atoms with Crippen molar-refractivity contribution >= 4 is 28.1 Å². The maximum absolute atomic E-state index is 13.1. The van der Waals surface area contributed by atoms with E-state index < -0.39 is 12.8 Å². The third-order valence-corrected chi connectivity index (χ3v) is 4.69. The molecule has 2 aromatic carbocycles. The standard InChI is InChI=1S/C20H17F3N2O2S/c1-14-12-28-19(24-14)25(17-5-3-2-4-6-17)18(26)16-9-7-15(8-10-16)11-27-13-20(21,22)23/h2-10,12H,11,13H2,1H3. The van der Waals surface area contributed by atoms with Gasteiger partial charge in [0, 0.05) is 10.9 Å². The molecule has 1 heterocycles. The van der Waals surface area contributed by atoms with Gasteiger partial charge in [-0.1, -0.05) is 30.3 Å². The van der Waals surface area contributed by atoms with Crippen LogP contribution < -0.4 is 4.90 Å². The molecule has 0 unspecified atom stereocenters. The molecule has 0 spiro atoms. The number of amides is 1. The fourth-order valence-electron chi connectivity index (χ4n) is 2.49. The van der Waals surface area contributed by atoms with Crippen LogP contribution in [0.1, 0.15) is 21.6 Å². The second-order valence-electron chi connectivity index (χ2n) is 6.05. The summed E-state index contributed by atoms with van der Waals surface area (Å²) in [7, 11) is 0. The predicted molar refractivity (Wildman–Crippen MR) is 102 cm³/mol. The number of para-hydroxylation sites is 1.